The van der Waals surface area contributed by atoms with Gasteiger partial charge in [-0.15, -0.1) is 0 Å². The Labute approximate surface area is 111 Å². The summed E-state index contributed by atoms with van der Waals surface area (Å²) >= 11 is 0. The number of sulfone groups is 1. The first kappa shape index (κ1) is 17.2. The number of hydrogen-bond donors (Lipinski definition) is 1. The van der Waals surface area contributed by atoms with Gasteiger partial charge in [0.15, 0.2) is 9.84 Å². The van der Waals surface area contributed by atoms with Crippen molar-refractivity contribution in [3.8, 4) is 0 Å². The van der Waals surface area contributed by atoms with Gasteiger partial charge in [-0.2, -0.15) is 0 Å². The maximum atomic E-state index is 11.8. The van der Waals surface area contributed by atoms with Crippen LogP contribution in [0.2, 0.25) is 0 Å². The molecule has 0 radical (unpaired) electrons. The molecule has 108 valence electrons. The third-order valence-corrected chi connectivity index (χ3v) is 5.09. The van der Waals surface area contributed by atoms with Crippen LogP contribution < -0.4 is 5.32 Å². The second-order valence-electron chi connectivity index (χ2n) is 4.83. The molecule has 0 heterocycles. The first-order chi connectivity index (χ1) is 8.21. The summed E-state index contributed by atoms with van der Waals surface area (Å²) in [5, 5.41) is 2.23. The fourth-order valence-electron chi connectivity index (χ4n) is 1.55. The lowest BCUT2D eigenvalue weighted by Crippen LogP contribution is -2.48. The van der Waals surface area contributed by atoms with E-state index in [-0.39, 0.29) is 12.1 Å². The van der Waals surface area contributed by atoms with Crippen LogP contribution in [0.5, 0.6) is 0 Å². The highest BCUT2D eigenvalue weighted by molar-refractivity contribution is 7.91. The van der Waals surface area contributed by atoms with E-state index in [9.17, 15) is 13.2 Å². The van der Waals surface area contributed by atoms with E-state index >= 15 is 0 Å². The van der Waals surface area contributed by atoms with E-state index in [1.807, 2.05) is 0 Å². The van der Waals surface area contributed by atoms with Crippen LogP contribution in [0.25, 0.3) is 0 Å². The van der Waals surface area contributed by atoms with Gasteiger partial charge in [-0.3, -0.25) is 0 Å². The van der Waals surface area contributed by atoms with Crippen molar-refractivity contribution in [1.82, 2.24) is 10.2 Å². The highest BCUT2D eigenvalue weighted by Gasteiger charge is 2.27. The summed E-state index contributed by atoms with van der Waals surface area (Å²) in [5.41, 5.74) is 0. The molecule has 0 bridgehead atoms. The van der Waals surface area contributed by atoms with Crippen LogP contribution in [0.4, 0.5) is 4.79 Å². The molecule has 0 aromatic rings. The fraction of sp³-hybridized carbons (Fsp3) is 0.917. The van der Waals surface area contributed by atoms with Crippen LogP contribution in [0.3, 0.4) is 0 Å². The summed E-state index contributed by atoms with van der Waals surface area (Å²) in [7, 11) is -1.50. The van der Waals surface area contributed by atoms with Crippen molar-refractivity contribution in [3.05, 3.63) is 0 Å². The summed E-state index contributed by atoms with van der Waals surface area (Å²) in [5.74, 6) is 0. The predicted octanol–water partition coefficient (Wildman–Crippen LogP) is 1.64. The molecule has 0 aliphatic heterocycles. The quantitative estimate of drug-likeness (QED) is 0.720. The van der Waals surface area contributed by atoms with Crippen molar-refractivity contribution in [2.45, 2.75) is 51.3 Å². The third kappa shape index (κ3) is 5.71. The summed E-state index contributed by atoms with van der Waals surface area (Å²) < 4.78 is 22.9. The van der Waals surface area contributed by atoms with Crippen LogP contribution in [0.15, 0.2) is 0 Å². The monoisotopic (exact) mass is 278 g/mol. The predicted molar refractivity (Wildman–Crippen MR) is 74.5 cm³/mol. The largest absolute Gasteiger partial charge is 0.338 e. The van der Waals surface area contributed by atoms with Gasteiger partial charge in [0.25, 0.3) is 0 Å². The SMILES string of the molecule is CCCCCNC(=O)N(C)[C@@H](C)[C@H](C)S(C)(=O)=O. The Bertz CT molecular complexity index is 354. The Kier molecular flexibility index (Phi) is 7.28. The lowest BCUT2D eigenvalue weighted by Gasteiger charge is -2.29. The molecule has 0 fully saturated rings. The first-order valence-electron chi connectivity index (χ1n) is 6.41. The molecule has 6 heteroatoms. The van der Waals surface area contributed by atoms with E-state index in [4.69, 9.17) is 0 Å². The molecular formula is C12H26N2O3S. The minimum absolute atomic E-state index is 0.214. The second kappa shape index (κ2) is 7.61. The van der Waals surface area contributed by atoms with Gasteiger partial charge < -0.3 is 10.2 Å². The molecule has 5 nitrogen and oxygen atoms in total. The molecule has 0 spiro atoms. The number of unbranched alkanes of at least 4 members (excludes halogenated alkanes) is 2. The average Bonchev–Trinajstić information content (AvgIpc) is 2.30. The summed E-state index contributed by atoms with van der Waals surface area (Å²) in [6.45, 7) is 6.11. The minimum atomic E-state index is -3.13. The average molecular weight is 278 g/mol. The standard InChI is InChI=1S/C12H26N2O3S/c1-6-7-8-9-13-12(15)14(4)10(2)11(3)18(5,16)17/h10-11H,6-9H2,1-5H3,(H,13,15)/t10-,11-/m0/s1. The Morgan fingerprint density at radius 1 is 1.28 bits per heavy atom. The Hall–Kier alpha value is -0.780. The number of hydrogen-bond acceptors (Lipinski definition) is 3. The van der Waals surface area contributed by atoms with Crippen LogP contribution in [-0.2, 0) is 9.84 Å². The zero-order chi connectivity index (χ0) is 14.3. The summed E-state index contributed by atoms with van der Waals surface area (Å²) in [6, 6.07) is -0.555. The van der Waals surface area contributed by atoms with E-state index < -0.39 is 15.1 Å². The number of carbonyl (C=O) groups is 1. The molecular weight excluding hydrogens is 252 g/mol. The zero-order valence-electron chi connectivity index (χ0n) is 12.1. The lowest BCUT2D eigenvalue weighted by atomic mass is 10.2. The number of carbonyl (C=O) groups excluding carboxylic acids is 1. The van der Waals surface area contributed by atoms with Gasteiger partial charge in [-0.25, -0.2) is 13.2 Å². The van der Waals surface area contributed by atoms with Gasteiger partial charge >= 0.3 is 6.03 Å². The van der Waals surface area contributed by atoms with E-state index in [1.165, 1.54) is 11.2 Å². The number of urea groups is 1. The number of rotatable bonds is 7. The van der Waals surface area contributed by atoms with E-state index in [2.05, 4.69) is 12.2 Å². The minimum Gasteiger partial charge on any atom is -0.338 e. The van der Waals surface area contributed by atoms with E-state index in [0.29, 0.717) is 6.54 Å². The summed E-state index contributed by atoms with van der Waals surface area (Å²) in [4.78, 5) is 13.3. The smallest absolute Gasteiger partial charge is 0.317 e. The third-order valence-electron chi connectivity index (χ3n) is 3.34. The zero-order valence-corrected chi connectivity index (χ0v) is 12.9. The molecule has 0 aromatic heterocycles. The van der Waals surface area contributed by atoms with Crippen LogP contribution in [0.1, 0.15) is 40.0 Å². The van der Waals surface area contributed by atoms with Gasteiger partial charge in [0.2, 0.25) is 0 Å². The van der Waals surface area contributed by atoms with Gasteiger partial charge in [-0.05, 0) is 20.3 Å². The normalized spacial score (nSPS) is 14.9. The molecule has 0 saturated carbocycles. The maximum Gasteiger partial charge on any atom is 0.317 e. The van der Waals surface area contributed by atoms with E-state index in [0.717, 1.165) is 19.3 Å². The molecule has 2 atom stereocenters. The Morgan fingerprint density at radius 3 is 2.28 bits per heavy atom. The van der Waals surface area contributed by atoms with Gasteiger partial charge in [0.05, 0.1) is 5.25 Å². The van der Waals surface area contributed by atoms with Gasteiger partial charge in [0, 0.05) is 25.9 Å². The first-order valence-corrected chi connectivity index (χ1v) is 8.36. The highest BCUT2D eigenvalue weighted by Crippen LogP contribution is 2.10. The number of amides is 2. The van der Waals surface area contributed by atoms with Crippen molar-refractivity contribution in [2.75, 3.05) is 19.8 Å². The van der Waals surface area contributed by atoms with Crippen molar-refractivity contribution in [1.29, 1.82) is 0 Å². The van der Waals surface area contributed by atoms with Crippen LogP contribution in [0, 0.1) is 0 Å². The highest BCUT2D eigenvalue weighted by atomic mass is 32.2. The molecule has 0 aromatic carbocycles. The Balaban J connectivity index is 4.29. The molecule has 2 amide bonds. The van der Waals surface area contributed by atoms with E-state index in [1.54, 1.807) is 20.9 Å². The second-order valence-corrected chi connectivity index (χ2v) is 7.23. The molecule has 0 unspecified atom stereocenters. The van der Waals surface area contributed by atoms with Crippen molar-refractivity contribution in [2.24, 2.45) is 0 Å². The van der Waals surface area contributed by atoms with Crippen LogP contribution >= 0.6 is 0 Å². The topological polar surface area (TPSA) is 66.5 Å². The molecule has 18 heavy (non-hydrogen) atoms. The molecule has 1 N–H and O–H groups in total. The van der Waals surface area contributed by atoms with Crippen molar-refractivity contribution < 1.29 is 13.2 Å². The van der Waals surface area contributed by atoms with Crippen molar-refractivity contribution >= 4 is 15.9 Å². The number of nitrogens with zero attached hydrogens (tertiary/aromatic N) is 1. The molecule has 0 rings (SSSR count). The Morgan fingerprint density at radius 2 is 1.83 bits per heavy atom. The van der Waals surface area contributed by atoms with Gasteiger partial charge in [-0.1, -0.05) is 19.8 Å². The van der Waals surface area contributed by atoms with Crippen molar-refractivity contribution in [3.63, 3.8) is 0 Å². The molecule has 0 saturated heterocycles. The van der Waals surface area contributed by atoms with Gasteiger partial charge in [0.1, 0.15) is 0 Å². The lowest BCUT2D eigenvalue weighted by molar-refractivity contribution is 0.193. The fourth-order valence-corrected chi connectivity index (χ4v) is 2.45. The molecule has 0 aliphatic rings. The summed E-state index contributed by atoms with van der Waals surface area (Å²) in [6.07, 6.45) is 4.33. The van der Waals surface area contributed by atoms with Crippen LogP contribution in [-0.4, -0.2) is 50.5 Å². The maximum absolute atomic E-state index is 11.8. The number of nitrogens with one attached hydrogen (secondary N) is 1. The molecule has 0 aliphatic carbocycles.